The predicted octanol–water partition coefficient (Wildman–Crippen LogP) is 3.91. The minimum Gasteiger partial charge on any atom is -0.237 e. The molecule has 3 heteroatoms. The van der Waals surface area contributed by atoms with Crippen molar-refractivity contribution in [3.05, 3.63) is 22.7 Å². The minimum absolute atomic E-state index is 0.602. The van der Waals surface area contributed by atoms with Crippen molar-refractivity contribution in [2.45, 2.75) is 50.4 Å². The molecule has 3 saturated carbocycles. The smallest absolute Gasteiger partial charge is 0.133 e. The highest BCUT2D eigenvalue weighted by Gasteiger charge is 2.42. The summed E-state index contributed by atoms with van der Waals surface area (Å²) in [6.45, 7) is 0. The summed E-state index contributed by atoms with van der Waals surface area (Å²) in [7, 11) is 0. The van der Waals surface area contributed by atoms with E-state index in [-0.39, 0.29) is 0 Å². The SMILES string of the molecule is Clc1cc(C2CC2)nc(C2CC3CCC2C3)n1. The van der Waals surface area contributed by atoms with Crippen LogP contribution in [-0.4, -0.2) is 9.97 Å². The van der Waals surface area contributed by atoms with Gasteiger partial charge in [-0.05, 0) is 50.0 Å². The van der Waals surface area contributed by atoms with Crippen LogP contribution in [0.15, 0.2) is 6.07 Å². The van der Waals surface area contributed by atoms with E-state index in [2.05, 4.69) is 4.98 Å². The summed E-state index contributed by atoms with van der Waals surface area (Å²) < 4.78 is 0. The van der Waals surface area contributed by atoms with E-state index >= 15 is 0 Å². The molecule has 0 amide bonds. The lowest BCUT2D eigenvalue weighted by atomic mass is 9.88. The van der Waals surface area contributed by atoms with Gasteiger partial charge >= 0.3 is 0 Å². The summed E-state index contributed by atoms with van der Waals surface area (Å²) >= 11 is 6.15. The van der Waals surface area contributed by atoms with Crippen LogP contribution in [0, 0.1) is 11.8 Å². The molecule has 3 fully saturated rings. The van der Waals surface area contributed by atoms with E-state index in [1.165, 1.54) is 44.2 Å². The molecule has 3 aliphatic rings. The molecule has 0 radical (unpaired) electrons. The van der Waals surface area contributed by atoms with Crippen molar-refractivity contribution in [3.63, 3.8) is 0 Å². The zero-order valence-electron chi connectivity index (χ0n) is 9.90. The molecule has 4 rings (SSSR count). The van der Waals surface area contributed by atoms with Crippen molar-refractivity contribution >= 4 is 11.6 Å². The standard InChI is InChI=1S/C14H17ClN2/c15-13-7-12(9-3-4-9)16-14(17-13)11-6-8-1-2-10(11)5-8/h7-11H,1-6H2. The van der Waals surface area contributed by atoms with Gasteiger partial charge in [0.05, 0.1) is 0 Å². The molecule has 1 aromatic rings. The van der Waals surface area contributed by atoms with Crippen molar-refractivity contribution in [3.8, 4) is 0 Å². The Balaban J connectivity index is 1.68. The average molecular weight is 249 g/mol. The van der Waals surface area contributed by atoms with Gasteiger partial charge in [0.2, 0.25) is 0 Å². The summed E-state index contributed by atoms with van der Waals surface area (Å²) in [6, 6.07) is 1.97. The lowest BCUT2D eigenvalue weighted by Gasteiger charge is -2.20. The molecule has 0 N–H and O–H groups in total. The molecular formula is C14H17ClN2. The van der Waals surface area contributed by atoms with Crippen molar-refractivity contribution in [2.24, 2.45) is 11.8 Å². The van der Waals surface area contributed by atoms with Crippen LogP contribution in [0.25, 0.3) is 0 Å². The normalized spacial score (nSPS) is 35.5. The third-order valence-electron chi connectivity index (χ3n) is 4.80. The summed E-state index contributed by atoms with van der Waals surface area (Å²) in [4.78, 5) is 9.30. The van der Waals surface area contributed by atoms with E-state index in [4.69, 9.17) is 16.6 Å². The van der Waals surface area contributed by atoms with Crippen LogP contribution < -0.4 is 0 Å². The van der Waals surface area contributed by atoms with Gasteiger partial charge in [0.1, 0.15) is 11.0 Å². The molecule has 0 saturated heterocycles. The summed E-state index contributed by atoms with van der Waals surface area (Å²) in [5.41, 5.74) is 1.20. The van der Waals surface area contributed by atoms with Crippen LogP contribution in [0.2, 0.25) is 5.15 Å². The predicted molar refractivity (Wildman–Crippen MR) is 67.2 cm³/mol. The first-order valence-corrected chi connectivity index (χ1v) is 7.22. The number of halogens is 1. The molecule has 1 heterocycles. The third kappa shape index (κ3) is 1.77. The Kier molecular flexibility index (Phi) is 2.23. The molecule has 3 atom stereocenters. The fourth-order valence-corrected chi connectivity index (χ4v) is 3.97. The zero-order chi connectivity index (χ0) is 11.4. The Bertz CT molecular complexity index is 456. The summed E-state index contributed by atoms with van der Waals surface area (Å²) in [5, 5.41) is 0.652. The second-order valence-electron chi connectivity index (χ2n) is 6.03. The maximum atomic E-state index is 6.15. The Morgan fingerprint density at radius 3 is 2.59 bits per heavy atom. The van der Waals surface area contributed by atoms with E-state index in [1.807, 2.05) is 6.07 Å². The van der Waals surface area contributed by atoms with E-state index < -0.39 is 0 Å². The third-order valence-corrected chi connectivity index (χ3v) is 4.99. The van der Waals surface area contributed by atoms with Gasteiger partial charge in [-0.3, -0.25) is 0 Å². The van der Waals surface area contributed by atoms with Gasteiger partial charge in [-0.2, -0.15) is 0 Å². The van der Waals surface area contributed by atoms with Crippen LogP contribution in [0.5, 0.6) is 0 Å². The zero-order valence-corrected chi connectivity index (χ0v) is 10.7. The molecule has 3 aliphatic carbocycles. The molecule has 17 heavy (non-hydrogen) atoms. The first-order chi connectivity index (χ1) is 8.29. The average Bonchev–Trinajstić information content (AvgIpc) is 2.97. The number of aromatic nitrogens is 2. The van der Waals surface area contributed by atoms with Crippen LogP contribution >= 0.6 is 11.6 Å². The molecule has 90 valence electrons. The number of fused-ring (bicyclic) bond motifs is 2. The molecule has 0 aromatic carbocycles. The number of hydrogen-bond acceptors (Lipinski definition) is 2. The van der Waals surface area contributed by atoms with E-state index in [0.717, 1.165) is 17.7 Å². The highest BCUT2D eigenvalue weighted by molar-refractivity contribution is 6.29. The number of hydrogen-bond donors (Lipinski definition) is 0. The Hall–Kier alpha value is -0.630. The van der Waals surface area contributed by atoms with Crippen molar-refractivity contribution < 1.29 is 0 Å². The highest BCUT2D eigenvalue weighted by Crippen LogP contribution is 2.52. The van der Waals surface area contributed by atoms with Crippen LogP contribution in [0.1, 0.15) is 61.9 Å². The Labute approximate surface area is 107 Å². The quantitative estimate of drug-likeness (QED) is 0.742. The van der Waals surface area contributed by atoms with Gasteiger partial charge in [0, 0.05) is 17.5 Å². The van der Waals surface area contributed by atoms with Crippen molar-refractivity contribution in [1.29, 1.82) is 0 Å². The van der Waals surface area contributed by atoms with E-state index in [0.29, 0.717) is 17.0 Å². The molecule has 0 spiro atoms. The maximum absolute atomic E-state index is 6.15. The fraction of sp³-hybridized carbons (Fsp3) is 0.714. The molecule has 1 aromatic heterocycles. The number of rotatable bonds is 2. The van der Waals surface area contributed by atoms with Crippen LogP contribution in [0.3, 0.4) is 0 Å². The van der Waals surface area contributed by atoms with Crippen molar-refractivity contribution in [1.82, 2.24) is 9.97 Å². The van der Waals surface area contributed by atoms with Crippen molar-refractivity contribution in [2.75, 3.05) is 0 Å². The maximum Gasteiger partial charge on any atom is 0.133 e. The van der Waals surface area contributed by atoms with Gasteiger partial charge in [-0.25, -0.2) is 9.97 Å². The fourth-order valence-electron chi connectivity index (χ4n) is 3.77. The van der Waals surface area contributed by atoms with Gasteiger partial charge in [-0.1, -0.05) is 18.0 Å². The first-order valence-electron chi connectivity index (χ1n) is 6.84. The van der Waals surface area contributed by atoms with Gasteiger partial charge in [0.25, 0.3) is 0 Å². The lowest BCUT2D eigenvalue weighted by Crippen LogP contribution is -2.13. The van der Waals surface area contributed by atoms with Gasteiger partial charge < -0.3 is 0 Å². The van der Waals surface area contributed by atoms with E-state index in [1.54, 1.807) is 0 Å². The van der Waals surface area contributed by atoms with Crippen LogP contribution in [-0.2, 0) is 0 Å². The Morgan fingerprint density at radius 2 is 1.94 bits per heavy atom. The minimum atomic E-state index is 0.602. The first kappa shape index (κ1) is 10.3. The number of nitrogens with zero attached hydrogens (tertiary/aromatic N) is 2. The molecule has 2 nitrogen and oxygen atoms in total. The van der Waals surface area contributed by atoms with Crippen LogP contribution in [0.4, 0.5) is 0 Å². The highest BCUT2D eigenvalue weighted by atomic mass is 35.5. The second-order valence-corrected chi connectivity index (χ2v) is 6.42. The largest absolute Gasteiger partial charge is 0.237 e. The molecule has 0 aliphatic heterocycles. The molecule has 2 bridgehead atoms. The molecule has 3 unspecified atom stereocenters. The van der Waals surface area contributed by atoms with Gasteiger partial charge in [-0.15, -0.1) is 0 Å². The van der Waals surface area contributed by atoms with E-state index in [9.17, 15) is 0 Å². The lowest BCUT2D eigenvalue weighted by molar-refractivity contribution is 0.404. The summed E-state index contributed by atoms with van der Waals surface area (Å²) in [5.74, 6) is 4.10. The second kappa shape index (κ2) is 3.68. The molecular weight excluding hydrogens is 232 g/mol. The topological polar surface area (TPSA) is 25.8 Å². The van der Waals surface area contributed by atoms with Gasteiger partial charge in [0.15, 0.2) is 0 Å². The Morgan fingerprint density at radius 1 is 1.06 bits per heavy atom. The summed E-state index contributed by atoms with van der Waals surface area (Å²) in [6.07, 6.45) is 8.07. The monoisotopic (exact) mass is 248 g/mol.